The molecule has 1 unspecified atom stereocenters. The fourth-order valence-electron chi connectivity index (χ4n) is 1.99. The van der Waals surface area contributed by atoms with Crippen LogP contribution in [-0.4, -0.2) is 11.7 Å². The molecule has 0 radical (unpaired) electrons. The fourth-order valence-corrected chi connectivity index (χ4v) is 1.99. The lowest BCUT2D eigenvalue weighted by atomic mass is 9.76. The van der Waals surface area contributed by atoms with E-state index in [4.69, 9.17) is 0 Å². The summed E-state index contributed by atoms with van der Waals surface area (Å²) in [5.41, 5.74) is 0.0285. The van der Waals surface area contributed by atoms with Crippen LogP contribution < -0.4 is 0 Å². The van der Waals surface area contributed by atoms with Crippen LogP contribution in [0.3, 0.4) is 0 Å². The number of alkyl halides is 2. The summed E-state index contributed by atoms with van der Waals surface area (Å²) < 4.78 is 26.1. The summed E-state index contributed by atoms with van der Waals surface area (Å²) in [5, 5.41) is 0. The molecule has 0 aromatic carbocycles. The first-order valence-corrected chi connectivity index (χ1v) is 5.14. The molecule has 1 atom stereocenters. The maximum atomic E-state index is 13.1. The largest absolute Gasteiger partial charge is 0.305 e. The van der Waals surface area contributed by atoms with E-state index in [2.05, 4.69) is 0 Å². The van der Waals surface area contributed by atoms with Crippen LogP contribution >= 0.6 is 0 Å². The second-order valence-corrected chi connectivity index (χ2v) is 5.27. The van der Waals surface area contributed by atoms with E-state index < -0.39 is 11.7 Å². The van der Waals surface area contributed by atoms with Crippen LogP contribution in [-0.2, 0) is 4.79 Å². The van der Waals surface area contributed by atoms with E-state index >= 15 is 0 Å². The topological polar surface area (TPSA) is 17.1 Å². The average molecular weight is 204 g/mol. The molecule has 0 heterocycles. The van der Waals surface area contributed by atoms with Gasteiger partial charge in [0.2, 0.25) is 5.78 Å². The monoisotopic (exact) mass is 204 g/mol. The number of halogens is 2. The Bertz CT molecular complexity index is 228. The lowest BCUT2D eigenvalue weighted by Gasteiger charge is -2.29. The first kappa shape index (κ1) is 11.6. The van der Waals surface area contributed by atoms with Crippen LogP contribution in [0.1, 0.15) is 46.5 Å². The fraction of sp³-hybridized carbons (Fsp3) is 0.909. The Morgan fingerprint density at radius 3 is 2.36 bits per heavy atom. The molecule has 0 saturated heterocycles. The third-order valence-corrected chi connectivity index (χ3v) is 3.16. The molecule has 0 aromatic rings. The van der Waals surface area contributed by atoms with E-state index in [1.807, 2.05) is 20.8 Å². The van der Waals surface area contributed by atoms with Gasteiger partial charge < -0.3 is 0 Å². The molecule has 82 valence electrons. The summed E-state index contributed by atoms with van der Waals surface area (Å²) in [5.74, 6) is -3.70. The predicted molar refractivity (Wildman–Crippen MR) is 51.4 cm³/mol. The molecule has 0 N–H and O–H groups in total. The van der Waals surface area contributed by atoms with E-state index in [9.17, 15) is 13.6 Å². The maximum Gasteiger partial charge on any atom is 0.305 e. The van der Waals surface area contributed by atoms with Gasteiger partial charge in [-0.05, 0) is 24.2 Å². The summed E-state index contributed by atoms with van der Waals surface area (Å²) in [7, 11) is 0. The van der Waals surface area contributed by atoms with E-state index in [0.717, 1.165) is 0 Å². The molecule has 1 aliphatic carbocycles. The molecule has 3 heteroatoms. The highest BCUT2D eigenvalue weighted by molar-refractivity contribution is 5.85. The first-order valence-electron chi connectivity index (χ1n) is 5.14. The third kappa shape index (κ3) is 2.52. The quantitative estimate of drug-likeness (QED) is 0.552. The number of ketones is 1. The van der Waals surface area contributed by atoms with Crippen molar-refractivity contribution >= 4 is 5.78 Å². The molecule has 0 aliphatic heterocycles. The van der Waals surface area contributed by atoms with Gasteiger partial charge in [0, 0.05) is 12.8 Å². The Hall–Kier alpha value is -0.470. The van der Waals surface area contributed by atoms with Crippen molar-refractivity contribution in [1.29, 1.82) is 0 Å². The van der Waals surface area contributed by atoms with E-state index in [-0.39, 0.29) is 24.2 Å². The molecule has 0 bridgehead atoms. The zero-order valence-corrected chi connectivity index (χ0v) is 9.07. The van der Waals surface area contributed by atoms with E-state index in [1.54, 1.807) is 0 Å². The standard InChI is InChI=1S/C11H18F2O/c1-10(2,3)8-4-5-9(14)11(12,13)7-6-8/h8H,4-7H2,1-3H3. The SMILES string of the molecule is CC(C)(C)C1CCC(=O)C(F)(F)CC1. The normalized spacial score (nSPS) is 28.6. The van der Waals surface area contributed by atoms with Gasteiger partial charge in [-0.2, -0.15) is 8.78 Å². The summed E-state index contributed by atoms with van der Waals surface area (Å²) >= 11 is 0. The van der Waals surface area contributed by atoms with Crippen LogP contribution in [0.5, 0.6) is 0 Å². The number of Topliss-reactive ketones (excluding diaryl/α,β-unsaturated/α-hetero) is 1. The van der Waals surface area contributed by atoms with Crippen LogP contribution in [0.15, 0.2) is 0 Å². The van der Waals surface area contributed by atoms with Gasteiger partial charge in [-0.3, -0.25) is 4.79 Å². The van der Waals surface area contributed by atoms with Crippen molar-refractivity contribution in [3.63, 3.8) is 0 Å². The molecule has 1 fully saturated rings. The van der Waals surface area contributed by atoms with Crippen molar-refractivity contribution in [2.24, 2.45) is 11.3 Å². The average Bonchev–Trinajstić information content (AvgIpc) is 2.11. The van der Waals surface area contributed by atoms with Crippen molar-refractivity contribution < 1.29 is 13.6 Å². The summed E-state index contributed by atoms with van der Waals surface area (Å²) in [6, 6.07) is 0. The minimum absolute atomic E-state index is 0.0285. The van der Waals surface area contributed by atoms with Gasteiger partial charge >= 0.3 is 5.92 Å². The summed E-state index contributed by atoms with van der Waals surface area (Å²) in [4.78, 5) is 11.1. The third-order valence-electron chi connectivity index (χ3n) is 3.16. The Morgan fingerprint density at radius 2 is 1.86 bits per heavy atom. The highest BCUT2D eigenvalue weighted by atomic mass is 19.3. The number of hydrogen-bond donors (Lipinski definition) is 0. The Balaban J connectivity index is 2.71. The van der Waals surface area contributed by atoms with Crippen molar-refractivity contribution in [3.8, 4) is 0 Å². The molecule has 14 heavy (non-hydrogen) atoms. The minimum Gasteiger partial charge on any atom is -0.293 e. The van der Waals surface area contributed by atoms with Crippen LogP contribution in [0.4, 0.5) is 8.78 Å². The Morgan fingerprint density at radius 1 is 1.29 bits per heavy atom. The predicted octanol–water partition coefficient (Wildman–Crippen LogP) is 3.43. The second-order valence-electron chi connectivity index (χ2n) is 5.27. The van der Waals surface area contributed by atoms with Gasteiger partial charge in [-0.25, -0.2) is 0 Å². The summed E-state index contributed by atoms with van der Waals surface area (Å²) in [6.45, 7) is 6.14. The number of hydrogen-bond acceptors (Lipinski definition) is 1. The number of carbonyl (C=O) groups excluding carboxylic acids is 1. The van der Waals surface area contributed by atoms with Gasteiger partial charge in [0.1, 0.15) is 0 Å². The van der Waals surface area contributed by atoms with Crippen LogP contribution in [0.25, 0.3) is 0 Å². The number of rotatable bonds is 0. The van der Waals surface area contributed by atoms with Gasteiger partial charge in [0.15, 0.2) is 0 Å². The molecule has 0 spiro atoms. The smallest absolute Gasteiger partial charge is 0.293 e. The van der Waals surface area contributed by atoms with Gasteiger partial charge in [0.25, 0.3) is 0 Å². The van der Waals surface area contributed by atoms with Crippen molar-refractivity contribution in [1.82, 2.24) is 0 Å². The molecular weight excluding hydrogens is 186 g/mol. The highest BCUT2D eigenvalue weighted by Gasteiger charge is 2.42. The minimum atomic E-state index is -3.07. The molecule has 0 amide bonds. The lowest BCUT2D eigenvalue weighted by molar-refractivity contribution is -0.143. The lowest BCUT2D eigenvalue weighted by Crippen LogP contribution is -2.26. The zero-order valence-electron chi connectivity index (χ0n) is 9.07. The van der Waals surface area contributed by atoms with Crippen molar-refractivity contribution in [2.75, 3.05) is 0 Å². The highest BCUT2D eigenvalue weighted by Crippen LogP contribution is 2.40. The van der Waals surface area contributed by atoms with Crippen molar-refractivity contribution in [2.45, 2.75) is 52.4 Å². The van der Waals surface area contributed by atoms with Gasteiger partial charge in [-0.1, -0.05) is 20.8 Å². The van der Waals surface area contributed by atoms with Gasteiger partial charge in [-0.15, -0.1) is 0 Å². The molecule has 1 nitrogen and oxygen atoms in total. The van der Waals surface area contributed by atoms with Crippen LogP contribution in [0.2, 0.25) is 0 Å². The summed E-state index contributed by atoms with van der Waals surface area (Å²) in [6.07, 6.45) is 0.836. The molecule has 1 aliphatic rings. The van der Waals surface area contributed by atoms with Crippen LogP contribution in [0, 0.1) is 11.3 Å². The Labute approximate surface area is 83.9 Å². The zero-order chi connectivity index (χ0) is 11.0. The number of carbonyl (C=O) groups is 1. The van der Waals surface area contributed by atoms with Gasteiger partial charge in [0.05, 0.1) is 0 Å². The van der Waals surface area contributed by atoms with E-state index in [1.165, 1.54) is 0 Å². The Kier molecular flexibility index (Phi) is 2.98. The molecular formula is C11H18F2O. The second kappa shape index (κ2) is 3.59. The first-order chi connectivity index (χ1) is 6.23. The maximum absolute atomic E-state index is 13.1. The molecule has 1 rings (SSSR count). The molecule has 0 aromatic heterocycles. The molecule has 1 saturated carbocycles. The van der Waals surface area contributed by atoms with E-state index in [0.29, 0.717) is 12.8 Å². The van der Waals surface area contributed by atoms with Crippen molar-refractivity contribution in [3.05, 3.63) is 0 Å².